The van der Waals surface area contributed by atoms with Crippen LogP contribution < -0.4 is 10.0 Å². The average molecular weight is 291 g/mol. The average Bonchev–Trinajstić information content (AvgIpc) is 3.20. The van der Waals surface area contributed by atoms with Crippen LogP contribution in [0.4, 0.5) is 4.79 Å². The molecule has 0 spiro atoms. The number of nitrogens with zero attached hydrogens (tertiary/aromatic N) is 1. The van der Waals surface area contributed by atoms with Crippen LogP contribution in [0.15, 0.2) is 0 Å². The second-order valence-electron chi connectivity index (χ2n) is 5.12. The predicted molar refractivity (Wildman–Crippen MR) is 69.8 cm³/mol. The van der Waals surface area contributed by atoms with Crippen LogP contribution in [0.25, 0.3) is 0 Å². The first-order chi connectivity index (χ1) is 9.01. The molecule has 1 aliphatic carbocycles. The molecule has 0 bridgehead atoms. The van der Waals surface area contributed by atoms with Crippen molar-refractivity contribution in [2.75, 3.05) is 26.7 Å². The number of piperidine rings is 1. The smallest absolute Gasteiger partial charge is 0.421 e. The highest BCUT2D eigenvalue weighted by molar-refractivity contribution is 7.87. The zero-order valence-corrected chi connectivity index (χ0v) is 11.9. The van der Waals surface area contributed by atoms with E-state index in [9.17, 15) is 13.2 Å². The second-order valence-corrected chi connectivity index (χ2v) is 6.79. The summed E-state index contributed by atoms with van der Waals surface area (Å²) in [7, 11) is -2.62. The van der Waals surface area contributed by atoms with Crippen molar-refractivity contribution in [3.63, 3.8) is 0 Å². The quantitative estimate of drug-likeness (QED) is 0.747. The van der Waals surface area contributed by atoms with Gasteiger partial charge in [0.25, 0.3) is 0 Å². The minimum absolute atomic E-state index is 0.380. The first-order valence-corrected chi connectivity index (χ1v) is 8.04. The summed E-state index contributed by atoms with van der Waals surface area (Å²) in [6.45, 7) is 1.89. The molecule has 0 unspecified atom stereocenters. The van der Waals surface area contributed by atoms with Crippen LogP contribution in [-0.2, 0) is 14.9 Å². The largest absolute Gasteiger partial charge is 0.452 e. The molecule has 2 N–H and O–H groups in total. The molecule has 1 amide bonds. The molecule has 1 aliphatic heterocycles. The minimum atomic E-state index is -3.76. The first-order valence-electron chi connectivity index (χ1n) is 6.60. The molecular weight excluding hydrogens is 270 g/mol. The van der Waals surface area contributed by atoms with Gasteiger partial charge in [-0.2, -0.15) is 12.7 Å². The van der Waals surface area contributed by atoms with Crippen LogP contribution in [-0.4, -0.2) is 51.6 Å². The molecule has 0 radical (unpaired) electrons. The molecule has 2 rings (SSSR count). The summed E-state index contributed by atoms with van der Waals surface area (Å²) < 4.78 is 31.1. The summed E-state index contributed by atoms with van der Waals surface area (Å²) in [6, 6.07) is 0.380. The van der Waals surface area contributed by atoms with Crippen LogP contribution in [0.3, 0.4) is 0 Å². The lowest BCUT2D eigenvalue weighted by Gasteiger charge is -2.31. The zero-order chi connectivity index (χ0) is 13.9. The van der Waals surface area contributed by atoms with E-state index in [1.54, 1.807) is 0 Å². The Labute approximate surface area is 113 Å². The molecule has 7 nitrogen and oxygen atoms in total. The number of amides is 1. The predicted octanol–water partition coefficient (Wildman–Crippen LogP) is 0.0512. The number of hydrogen-bond donors (Lipinski definition) is 2. The van der Waals surface area contributed by atoms with Crippen molar-refractivity contribution >= 4 is 16.3 Å². The highest BCUT2D eigenvalue weighted by Gasteiger charge is 2.30. The van der Waals surface area contributed by atoms with E-state index in [1.807, 2.05) is 4.72 Å². The SMILES string of the molecule is COC(=O)NS(=O)(=O)N1CCC(NCC2CC2)CC1. The number of carbonyl (C=O) groups is 1. The van der Waals surface area contributed by atoms with Gasteiger partial charge in [0.05, 0.1) is 7.11 Å². The van der Waals surface area contributed by atoms with Gasteiger partial charge in [-0.1, -0.05) is 0 Å². The van der Waals surface area contributed by atoms with Crippen LogP contribution in [0.1, 0.15) is 25.7 Å². The maximum Gasteiger partial charge on any atom is 0.421 e. The Balaban J connectivity index is 1.76. The number of methoxy groups -OCH3 is 1. The molecule has 19 heavy (non-hydrogen) atoms. The van der Waals surface area contributed by atoms with E-state index in [0.717, 1.165) is 32.4 Å². The number of ether oxygens (including phenoxy) is 1. The Morgan fingerprint density at radius 2 is 1.89 bits per heavy atom. The molecule has 8 heteroatoms. The number of rotatable bonds is 5. The molecule has 0 aromatic rings. The normalized spacial score (nSPS) is 22.2. The second kappa shape index (κ2) is 6.06. The lowest BCUT2D eigenvalue weighted by molar-refractivity contribution is 0.176. The van der Waals surface area contributed by atoms with E-state index in [2.05, 4.69) is 10.1 Å². The van der Waals surface area contributed by atoms with E-state index >= 15 is 0 Å². The Hall–Kier alpha value is -0.860. The van der Waals surface area contributed by atoms with E-state index in [4.69, 9.17) is 0 Å². The number of nitrogens with one attached hydrogen (secondary N) is 2. The van der Waals surface area contributed by atoms with Gasteiger partial charge in [-0.25, -0.2) is 9.52 Å². The maximum atomic E-state index is 11.8. The van der Waals surface area contributed by atoms with Crippen LogP contribution in [0, 0.1) is 5.92 Å². The summed E-state index contributed by atoms with van der Waals surface area (Å²) in [5.74, 6) is 0.822. The minimum Gasteiger partial charge on any atom is -0.452 e. The van der Waals surface area contributed by atoms with Gasteiger partial charge < -0.3 is 10.1 Å². The molecule has 0 aromatic heterocycles. The standard InChI is InChI=1S/C11H21N3O4S/c1-18-11(15)13-19(16,17)14-6-4-10(5-7-14)12-8-9-2-3-9/h9-10,12H,2-8H2,1H3,(H,13,15). The number of hydrogen-bond acceptors (Lipinski definition) is 5. The van der Waals surface area contributed by atoms with Gasteiger partial charge >= 0.3 is 16.3 Å². The Bertz CT molecular complexity index is 414. The Morgan fingerprint density at radius 1 is 1.26 bits per heavy atom. The molecule has 0 atom stereocenters. The molecule has 1 saturated carbocycles. The van der Waals surface area contributed by atoms with Crippen LogP contribution in [0.5, 0.6) is 0 Å². The fourth-order valence-corrected chi connectivity index (χ4v) is 3.28. The highest BCUT2D eigenvalue weighted by atomic mass is 32.2. The van der Waals surface area contributed by atoms with Crippen molar-refractivity contribution in [2.45, 2.75) is 31.7 Å². The topological polar surface area (TPSA) is 87.7 Å². The maximum absolute atomic E-state index is 11.8. The first kappa shape index (κ1) is 14.5. The van der Waals surface area contributed by atoms with Crippen molar-refractivity contribution in [2.24, 2.45) is 5.92 Å². The summed E-state index contributed by atoms with van der Waals surface area (Å²) in [6.07, 6.45) is 3.21. The van der Waals surface area contributed by atoms with Gasteiger partial charge in [0.2, 0.25) is 0 Å². The summed E-state index contributed by atoms with van der Waals surface area (Å²) in [4.78, 5) is 11.0. The third kappa shape index (κ3) is 4.32. The van der Waals surface area contributed by atoms with Crippen molar-refractivity contribution in [1.82, 2.24) is 14.3 Å². The van der Waals surface area contributed by atoms with Crippen molar-refractivity contribution < 1.29 is 17.9 Å². The van der Waals surface area contributed by atoms with Crippen LogP contribution in [0.2, 0.25) is 0 Å². The molecule has 2 fully saturated rings. The zero-order valence-electron chi connectivity index (χ0n) is 11.1. The van der Waals surface area contributed by atoms with E-state index < -0.39 is 16.3 Å². The van der Waals surface area contributed by atoms with E-state index in [-0.39, 0.29) is 0 Å². The van der Waals surface area contributed by atoms with Gasteiger partial charge in [0, 0.05) is 19.1 Å². The third-order valence-electron chi connectivity index (χ3n) is 3.58. The molecule has 0 aromatic carbocycles. The van der Waals surface area contributed by atoms with E-state index in [0.29, 0.717) is 19.1 Å². The third-order valence-corrected chi connectivity index (χ3v) is 5.05. The molecule has 2 aliphatic rings. The monoisotopic (exact) mass is 291 g/mol. The fraction of sp³-hybridized carbons (Fsp3) is 0.909. The lowest BCUT2D eigenvalue weighted by atomic mass is 10.1. The number of carbonyl (C=O) groups excluding carboxylic acids is 1. The summed E-state index contributed by atoms with van der Waals surface area (Å²) in [5, 5.41) is 3.47. The van der Waals surface area contributed by atoms with Crippen molar-refractivity contribution in [1.29, 1.82) is 0 Å². The summed E-state index contributed by atoms with van der Waals surface area (Å²) >= 11 is 0. The van der Waals surface area contributed by atoms with Gasteiger partial charge in [-0.15, -0.1) is 0 Å². The van der Waals surface area contributed by atoms with Gasteiger partial charge in [0.15, 0.2) is 0 Å². The highest BCUT2D eigenvalue weighted by Crippen LogP contribution is 2.28. The molecule has 110 valence electrons. The van der Waals surface area contributed by atoms with Gasteiger partial charge in [-0.3, -0.25) is 0 Å². The van der Waals surface area contributed by atoms with Crippen molar-refractivity contribution in [3.8, 4) is 0 Å². The summed E-state index contributed by atoms with van der Waals surface area (Å²) in [5.41, 5.74) is 0. The van der Waals surface area contributed by atoms with Crippen LogP contribution >= 0.6 is 0 Å². The van der Waals surface area contributed by atoms with Crippen molar-refractivity contribution in [3.05, 3.63) is 0 Å². The van der Waals surface area contributed by atoms with Gasteiger partial charge in [-0.05, 0) is 38.1 Å². The van der Waals surface area contributed by atoms with Gasteiger partial charge in [0.1, 0.15) is 0 Å². The lowest BCUT2D eigenvalue weighted by Crippen LogP contribution is -2.50. The molecular formula is C11H21N3O4S. The Kier molecular flexibility index (Phi) is 4.64. The Morgan fingerprint density at radius 3 is 2.42 bits per heavy atom. The molecule has 1 heterocycles. The molecule has 1 saturated heterocycles. The van der Waals surface area contributed by atoms with E-state index in [1.165, 1.54) is 17.1 Å². The fourth-order valence-electron chi connectivity index (χ4n) is 2.17.